The Hall–Kier alpha value is -1.12. The summed E-state index contributed by atoms with van der Waals surface area (Å²) in [6.45, 7) is 1.34. The first kappa shape index (κ1) is 6.01. The first-order valence-electron chi connectivity index (χ1n) is 2.87. The minimum absolute atomic E-state index is 0.653. The lowest BCUT2D eigenvalue weighted by molar-refractivity contribution is 0.889. The van der Waals surface area contributed by atoms with E-state index in [4.69, 9.17) is 0 Å². The number of hydrogen-bond donors (Lipinski definition) is 1. The van der Waals surface area contributed by atoms with Crippen LogP contribution in [0.5, 0.6) is 0 Å². The maximum atomic E-state index is 3.99. The van der Waals surface area contributed by atoms with Crippen molar-refractivity contribution in [2.45, 2.75) is 0 Å². The zero-order valence-corrected chi connectivity index (χ0v) is 5.12. The van der Waals surface area contributed by atoms with E-state index in [1.54, 1.807) is 12.4 Å². The summed E-state index contributed by atoms with van der Waals surface area (Å²) in [6.07, 6.45) is 7.22. The zero-order valence-electron chi connectivity index (χ0n) is 5.12. The van der Waals surface area contributed by atoms with E-state index in [1.165, 1.54) is 0 Å². The quantitative estimate of drug-likeness (QED) is 0.491. The first-order chi connectivity index (χ1) is 4.50. The number of nitrogens with one attached hydrogen (secondary N) is 1. The van der Waals surface area contributed by atoms with Crippen molar-refractivity contribution < 1.29 is 0 Å². The largest absolute Gasteiger partial charge is 0.372 e. The van der Waals surface area contributed by atoms with E-state index in [-0.39, 0.29) is 0 Å². The van der Waals surface area contributed by atoms with Crippen molar-refractivity contribution in [3.63, 3.8) is 0 Å². The fraction of sp³-hybridized carbons (Fsp3) is 0.333. The molecule has 0 aliphatic carbocycles. The van der Waals surface area contributed by atoms with Crippen molar-refractivity contribution in [3.05, 3.63) is 12.3 Å². The summed E-state index contributed by atoms with van der Waals surface area (Å²) in [7, 11) is 0. The average Bonchev–Trinajstić information content (AvgIpc) is 2.00. The van der Waals surface area contributed by atoms with Gasteiger partial charge < -0.3 is 5.32 Å². The van der Waals surface area contributed by atoms with Crippen LogP contribution in [0, 0.1) is 0 Å². The number of rotatable bonds is 0. The van der Waals surface area contributed by atoms with E-state index in [9.17, 15) is 0 Å². The monoisotopic (exact) mass is 123 g/mol. The predicted octanol–water partition coefficient (Wildman–Crippen LogP) is 0.202. The van der Waals surface area contributed by atoms with Crippen LogP contribution in [-0.4, -0.2) is 25.6 Å². The molecule has 48 valence electrons. The Kier molecular flexibility index (Phi) is 2.56. The van der Waals surface area contributed by atoms with Gasteiger partial charge in [-0.3, -0.25) is 9.98 Å². The van der Waals surface area contributed by atoms with Gasteiger partial charge in [0.1, 0.15) is 6.67 Å². The lowest BCUT2D eigenvalue weighted by Crippen LogP contribution is -2.03. The normalized spacial score (nSPS) is 17.8. The van der Waals surface area contributed by atoms with E-state index < -0.39 is 0 Å². The summed E-state index contributed by atoms with van der Waals surface area (Å²) in [4.78, 5) is 7.98. The van der Waals surface area contributed by atoms with Crippen LogP contribution in [0.4, 0.5) is 0 Å². The molecule has 1 aliphatic rings. The summed E-state index contributed by atoms with van der Waals surface area (Å²) in [6, 6.07) is 0. The molecule has 0 unspecified atom stereocenters. The van der Waals surface area contributed by atoms with E-state index >= 15 is 0 Å². The molecule has 0 saturated heterocycles. The molecule has 0 fully saturated rings. The number of aliphatic imine (C=N–C) groups is 2. The molecule has 0 amide bonds. The van der Waals surface area contributed by atoms with E-state index in [2.05, 4.69) is 15.3 Å². The molecule has 3 nitrogen and oxygen atoms in total. The molecule has 0 radical (unpaired) electrons. The van der Waals surface area contributed by atoms with Gasteiger partial charge in [-0.2, -0.15) is 0 Å². The molecule has 1 aliphatic heterocycles. The van der Waals surface area contributed by atoms with Gasteiger partial charge in [-0.1, -0.05) is 0 Å². The Balaban J connectivity index is 2.43. The van der Waals surface area contributed by atoms with Crippen molar-refractivity contribution in [1.29, 1.82) is 0 Å². The molecule has 1 heterocycles. The van der Waals surface area contributed by atoms with E-state index in [1.807, 2.05) is 12.3 Å². The summed E-state index contributed by atoms with van der Waals surface area (Å²) in [5, 5.41) is 2.96. The van der Waals surface area contributed by atoms with Gasteiger partial charge in [0, 0.05) is 12.4 Å². The van der Waals surface area contributed by atoms with Crippen molar-refractivity contribution >= 4 is 12.4 Å². The van der Waals surface area contributed by atoms with Gasteiger partial charge in [0.2, 0.25) is 0 Å². The van der Waals surface area contributed by atoms with Gasteiger partial charge in [-0.15, -0.1) is 0 Å². The van der Waals surface area contributed by atoms with Crippen LogP contribution >= 0.6 is 0 Å². The number of nitrogens with zero attached hydrogens (tertiary/aromatic N) is 2. The van der Waals surface area contributed by atoms with E-state index in [0.29, 0.717) is 13.2 Å². The standard InChI is InChI=1S/C6H9N3/c1-2-7-4-5-9-6-8-3-1/h1-3,5,8H,4,6H2. The fourth-order valence-corrected chi connectivity index (χ4v) is 0.508. The molecule has 1 rings (SSSR count). The van der Waals surface area contributed by atoms with Gasteiger partial charge in [0.15, 0.2) is 0 Å². The third-order valence-corrected chi connectivity index (χ3v) is 0.904. The van der Waals surface area contributed by atoms with Gasteiger partial charge in [0.25, 0.3) is 0 Å². The second-order valence-electron chi connectivity index (χ2n) is 1.60. The highest BCUT2D eigenvalue weighted by Gasteiger charge is 1.75. The van der Waals surface area contributed by atoms with Gasteiger partial charge in [-0.25, -0.2) is 0 Å². The van der Waals surface area contributed by atoms with Gasteiger partial charge in [0.05, 0.1) is 6.54 Å². The van der Waals surface area contributed by atoms with Crippen molar-refractivity contribution in [1.82, 2.24) is 5.32 Å². The van der Waals surface area contributed by atoms with Crippen LogP contribution in [0.3, 0.4) is 0 Å². The summed E-state index contributed by atoms with van der Waals surface area (Å²) in [5.41, 5.74) is 0. The minimum atomic E-state index is 0.653. The summed E-state index contributed by atoms with van der Waals surface area (Å²) < 4.78 is 0. The maximum Gasteiger partial charge on any atom is 0.107 e. The van der Waals surface area contributed by atoms with Crippen LogP contribution in [0.1, 0.15) is 0 Å². The van der Waals surface area contributed by atoms with Crippen LogP contribution < -0.4 is 5.32 Å². The van der Waals surface area contributed by atoms with Crippen LogP contribution in [0.25, 0.3) is 0 Å². The molecular weight excluding hydrogens is 114 g/mol. The Bertz CT molecular complexity index is 146. The molecule has 9 heavy (non-hydrogen) atoms. The molecule has 0 spiro atoms. The molecule has 0 atom stereocenters. The van der Waals surface area contributed by atoms with Crippen molar-refractivity contribution in [2.75, 3.05) is 13.2 Å². The Morgan fingerprint density at radius 3 is 3.33 bits per heavy atom. The summed E-state index contributed by atoms with van der Waals surface area (Å²) in [5.74, 6) is 0. The van der Waals surface area contributed by atoms with Gasteiger partial charge >= 0.3 is 0 Å². The average molecular weight is 123 g/mol. The van der Waals surface area contributed by atoms with Crippen LogP contribution in [0.15, 0.2) is 22.3 Å². The van der Waals surface area contributed by atoms with Crippen LogP contribution in [0.2, 0.25) is 0 Å². The molecular formula is C6H9N3. The third kappa shape index (κ3) is 2.64. The van der Waals surface area contributed by atoms with Crippen LogP contribution in [-0.2, 0) is 0 Å². The first-order valence-corrected chi connectivity index (χ1v) is 2.87. The molecule has 1 N–H and O–H groups in total. The Labute approximate surface area is 54.2 Å². The number of hydrogen-bond acceptors (Lipinski definition) is 3. The SMILES string of the molecule is C1=CNCN=CCN=C1. The smallest absolute Gasteiger partial charge is 0.107 e. The van der Waals surface area contributed by atoms with Crippen molar-refractivity contribution in [2.24, 2.45) is 9.98 Å². The van der Waals surface area contributed by atoms with Crippen molar-refractivity contribution in [3.8, 4) is 0 Å². The molecule has 0 aromatic rings. The second kappa shape index (κ2) is 3.83. The molecule has 0 bridgehead atoms. The third-order valence-electron chi connectivity index (χ3n) is 0.904. The lowest BCUT2D eigenvalue weighted by atomic mass is 10.6. The van der Waals surface area contributed by atoms with E-state index in [0.717, 1.165) is 0 Å². The highest BCUT2D eigenvalue weighted by atomic mass is 15.0. The number of allylic oxidation sites excluding steroid dienone is 1. The maximum absolute atomic E-state index is 3.99. The molecule has 0 saturated carbocycles. The molecule has 0 aromatic heterocycles. The minimum Gasteiger partial charge on any atom is -0.372 e. The second-order valence-corrected chi connectivity index (χ2v) is 1.60. The highest BCUT2D eigenvalue weighted by Crippen LogP contribution is 1.72. The fourth-order valence-electron chi connectivity index (χ4n) is 0.508. The topological polar surface area (TPSA) is 36.8 Å². The van der Waals surface area contributed by atoms with Gasteiger partial charge in [-0.05, 0) is 12.3 Å². The molecule has 0 aromatic carbocycles. The summed E-state index contributed by atoms with van der Waals surface area (Å²) >= 11 is 0. The predicted molar refractivity (Wildman–Crippen MR) is 39.0 cm³/mol. The Morgan fingerprint density at radius 2 is 2.33 bits per heavy atom. The highest BCUT2D eigenvalue weighted by molar-refractivity contribution is 5.73. The zero-order chi connectivity index (χ0) is 6.36. The molecule has 3 heteroatoms. The lowest BCUT2D eigenvalue weighted by Gasteiger charge is -1.88. The Morgan fingerprint density at radius 1 is 1.33 bits per heavy atom.